The fourth-order valence-electron chi connectivity index (χ4n) is 2.70. The Kier molecular flexibility index (Phi) is 4.27. The van der Waals surface area contributed by atoms with Crippen molar-refractivity contribution in [1.29, 1.82) is 0 Å². The Morgan fingerprint density at radius 1 is 0.800 bits per heavy atom. The second-order valence-electron chi connectivity index (χ2n) is 5.61. The summed E-state index contributed by atoms with van der Waals surface area (Å²) in [5, 5.41) is 4.01. The Morgan fingerprint density at radius 2 is 1.44 bits per heavy atom. The molecule has 0 radical (unpaired) electrons. The second kappa shape index (κ2) is 6.87. The van der Waals surface area contributed by atoms with Crippen LogP contribution in [0.1, 0.15) is 10.5 Å². The molecule has 25 heavy (non-hydrogen) atoms. The van der Waals surface area contributed by atoms with Crippen molar-refractivity contribution >= 4 is 34.3 Å². The molecule has 3 aromatic carbocycles. The van der Waals surface area contributed by atoms with E-state index in [-0.39, 0.29) is 5.91 Å². The molecule has 0 spiro atoms. The Hall–Kier alpha value is -2.98. The largest absolute Gasteiger partial charge is 0.350 e. The van der Waals surface area contributed by atoms with Crippen LogP contribution in [-0.4, -0.2) is 10.9 Å². The van der Waals surface area contributed by atoms with Crippen LogP contribution in [-0.2, 0) is 0 Å². The average molecular weight is 344 g/mol. The highest BCUT2D eigenvalue weighted by atomic mass is 32.2. The fraction of sp³-hybridized carbons (Fsp3) is 0. The van der Waals surface area contributed by atoms with Gasteiger partial charge in [0.1, 0.15) is 5.69 Å². The van der Waals surface area contributed by atoms with E-state index in [0.29, 0.717) is 5.69 Å². The number of fused-ring (bicyclic) bond motifs is 1. The summed E-state index contributed by atoms with van der Waals surface area (Å²) >= 11 is 1.60. The topological polar surface area (TPSA) is 44.9 Å². The highest BCUT2D eigenvalue weighted by Gasteiger charge is 2.18. The van der Waals surface area contributed by atoms with Crippen molar-refractivity contribution < 1.29 is 4.79 Å². The summed E-state index contributed by atoms with van der Waals surface area (Å²) in [4.78, 5) is 18.1. The summed E-state index contributed by atoms with van der Waals surface area (Å²) < 4.78 is 0. The first-order valence-electron chi connectivity index (χ1n) is 8.01. The molecule has 0 unspecified atom stereocenters. The van der Waals surface area contributed by atoms with Crippen molar-refractivity contribution in [1.82, 2.24) is 4.98 Å². The van der Waals surface area contributed by atoms with Gasteiger partial charge in [0.25, 0.3) is 5.91 Å². The quantitative estimate of drug-likeness (QED) is 0.508. The van der Waals surface area contributed by atoms with Crippen LogP contribution in [0.25, 0.3) is 10.9 Å². The van der Waals surface area contributed by atoms with E-state index < -0.39 is 0 Å². The number of rotatable bonds is 4. The van der Waals surface area contributed by atoms with Crippen molar-refractivity contribution in [2.45, 2.75) is 9.79 Å². The zero-order valence-electron chi connectivity index (χ0n) is 13.4. The van der Waals surface area contributed by atoms with Crippen LogP contribution >= 0.6 is 11.8 Å². The molecule has 0 atom stereocenters. The molecule has 0 aliphatic carbocycles. The third-order valence-electron chi connectivity index (χ3n) is 3.88. The third-order valence-corrected chi connectivity index (χ3v) is 5.02. The molecule has 1 amide bonds. The highest BCUT2D eigenvalue weighted by Crippen LogP contribution is 2.36. The van der Waals surface area contributed by atoms with E-state index in [1.165, 1.54) is 0 Å². The molecule has 0 fully saturated rings. The van der Waals surface area contributed by atoms with E-state index in [4.69, 9.17) is 0 Å². The highest BCUT2D eigenvalue weighted by molar-refractivity contribution is 7.99. The Morgan fingerprint density at radius 3 is 2.20 bits per heavy atom. The van der Waals surface area contributed by atoms with Crippen LogP contribution in [0.2, 0.25) is 0 Å². The molecule has 3 nitrogen and oxygen atoms in total. The van der Waals surface area contributed by atoms with Crippen LogP contribution in [0.4, 0.5) is 5.69 Å². The molecule has 122 valence electrons. The number of carbonyl (C=O) groups is 1. The minimum atomic E-state index is -0.138. The van der Waals surface area contributed by atoms with Gasteiger partial charge in [0.2, 0.25) is 0 Å². The number of carbonyl (C=O) groups excluding carboxylic acids is 1. The molecule has 1 aromatic heterocycles. The average Bonchev–Trinajstić information content (AvgIpc) is 3.02. The normalized spacial score (nSPS) is 10.7. The summed E-state index contributed by atoms with van der Waals surface area (Å²) in [5.74, 6) is -0.138. The number of hydrogen-bond acceptors (Lipinski definition) is 2. The van der Waals surface area contributed by atoms with E-state index in [1.54, 1.807) is 11.8 Å². The van der Waals surface area contributed by atoms with Crippen LogP contribution in [0.15, 0.2) is 94.7 Å². The smallest absolute Gasteiger partial charge is 0.273 e. The molecule has 4 heteroatoms. The number of hydrogen-bond donors (Lipinski definition) is 2. The van der Waals surface area contributed by atoms with Gasteiger partial charge in [-0.1, -0.05) is 66.4 Å². The van der Waals surface area contributed by atoms with Crippen LogP contribution < -0.4 is 5.32 Å². The van der Waals surface area contributed by atoms with Crippen LogP contribution in [0.5, 0.6) is 0 Å². The Balaban J connectivity index is 1.74. The van der Waals surface area contributed by atoms with Gasteiger partial charge in [0.05, 0.1) is 4.90 Å². The zero-order valence-corrected chi connectivity index (χ0v) is 14.2. The first-order valence-corrected chi connectivity index (χ1v) is 8.83. The maximum atomic E-state index is 12.8. The summed E-state index contributed by atoms with van der Waals surface area (Å²) in [7, 11) is 0. The summed E-state index contributed by atoms with van der Waals surface area (Å²) in [6.07, 6.45) is 0. The zero-order chi connectivity index (χ0) is 17.1. The van der Waals surface area contributed by atoms with Gasteiger partial charge < -0.3 is 10.3 Å². The molecule has 4 rings (SSSR count). The van der Waals surface area contributed by atoms with E-state index in [0.717, 1.165) is 26.4 Å². The van der Waals surface area contributed by atoms with Crippen molar-refractivity contribution in [3.63, 3.8) is 0 Å². The molecule has 2 N–H and O–H groups in total. The van der Waals surface area contributed by atoms with Gasteiger partial charge in [-0.3, -0.25) is 4.79 Å². The van der Waals surface area contributed by atoms with Gasteiger partial charge in [-0.15, -0.1) is 0 Å². The number of H-pyrrole nitrogens is 1. The summed E-state index contributed by atoms with van der Waals surface area (Å²) in [6, 6.07) is 27.6. The van der Waals surface area contributed by atoms with Gasteiger partial charge in [-0.25, -0.2) is 0 Å². The van der Waals surface area contributed by atoms with Crippen LogP contribution in [0, 0.1) is 0 Å². The number of anilines is 1. The monoisotopic (exact) mass is 344 g/mol. The molecule has 1 heterocycles. The maximum absolute atomic E-state index is 12.8. The number of aromatic amines is 1. The first-order chi connectivity index (χ1) is 12.3. The molecule has 0 aliphatic rings. The number of nitrogens with one attached hydrogen (secondary N) is 2. The lowest BCUT2D eigenvalue weighted by Crippen LogP contribution is -2.13. The molecular weight excluding hydrogens is 328 g/mol. The number of benzene rings is 3. The minimum Gasteiger partial charge on any atom is -0.350 e. The lowest BCUT2D eigenvalue weighted by Gasteiger charge is -2.06. The summed E-state index contributed by atoms with van der Waals surface area (Å²) in [5.41, 5.74) is 2.32. The molecule has 0 aliphatic heterocycles. The second-order valence-corrected chi connectivity index (χ2v) is 6.69. The van der Waals surface area contributed by atoms with Crippen molar-refractivity contribution in [2.24, 2.45) is 0 Å². The SMILES string of the molecule is O=C(Nc1ccccc1)c1[nH]c2ccccc2c1Sc1ccccc1. The van der Waals surface area contributed by atoms with Gasteiger partial charge >= 0.3 is 0 Å². The number of aromatic nitrogens is 1. The predicted octanol–water partition coefficient (Wildman–Crippen LogP) is 5.57. The molecule has 0 saturated carbocycles. The maximum Gasteiger partial charge on any atom is 0.273 e. The van der Waals surface area contributed by atoms with Gasteiger partial charge in [-0.2, -0.15) is 0 Å². The van der Waals surface area contributed by atoms with Crippen molar-refractivity contribution in [2.75, 3.05) is 5.32 Å². The molecular formula is C21H16N2OS. The van der Waals surface area contributed by atoms with Gasteiger partial charge in [0.15, 0.2) is 0 Å². The van der Waals surface area contributed by atoms with E-state index in [2.05, 4.69) is 10.3 Å². The van der Waals surface area contributed by atoms with Gasteiger partial charge in [-0.05, 0) is 30.3 Å². The lowest BCUT2D eigenvalue weighted by molar-refractivity contribution is 0.102. The van der Waals surface area contributed by atoms with Crippen LogP contribution in [0.3, 0.4) is 0 Å². The molecule has 4 aromatic rings. The number of para-hydroxylation sites is 2. The third kappa shape index (κ3) is 3.30. The van der Waals surface area contributed by atoms with E-state index in [1.807, 2.05) is 84.9 Å². The van der Waals surface area contributed by atoms with E-state index >= 15 is 0 Å². The number of amides is 1. The Bertz CT molecular complexity index is 1010. The predicted molar refractivity (Wildman–Crippen MR) is 103 cm³/mol. The first kappa shape index (κ1) is 15.5. The fourth-order valence-corrected chi connectivity index (χ4v) is 3.77. The lowest BCUT2D eigenvalue weighted by atomic mass is 10.2. The Labute approximate surface area is 150 Å². The molecule has 0 bridgehead atoms. The van der Waals surface area contributed by atoms with Crippen molar-refractivity contribution in [3.05, 3.63) is 90.6 Å². The molecule has 0 saturated heterocycles. The van der Waals surface area contributed by atoms with Gasteiger partial charge in [0, 0.05) is 21.5 Å². The minimum absolute atomic E-state index is 0.138. The van der Waals surface area contributed by atoms with Crippen molar-refractivity contribution in [3.8, 4) is 0 Å². The summed E-state index contributed by atoms with van der Waals surface area (Å²) in [6.45, 7) is 0. The van der Waals surface area contributed by atoms with E-state index in [9.17, 15) is 4.79 Å². The standard InChI is InChI=1S/C21H16N2OS/c24-21(22-15-9-3-1-4-10-15)19-20(25-16-11-5-2-6-12-16)17-13-7-8-14-18(17)23-19/h1-14,23H,(H,22,24).